The highest BCUT2D eigenvalue weighted by Crippen LogP contribution is 2.19. The molecule has 12 N–H and O–H groups in total. The Balaban J connectivity index is 1.64. The molecule has 0 unspecified atom stereocenters. The summed E-state index contributed by atoms with van der Waals surface area (Å²) >= 11 is 5.97. The van der Waals surface area contributed by atoms with Gasteiger partial charge >= 0.3 is 6.09 Å². The molecule has 58 heavy (non-hydrogen) atoms. The van der Waals surface area contributed by atoms with Crippen LogP contribution in [0.5, 0.6) is 0 Å². The van der Waals surface area contributed by atoms with Crippen LogP contribution in [0, 0.1) is 12.8 Å². The highest BCUT2D eigenvalue weighted by molar-refractivity contribution is 6.31. The minimum atomic E-state index is -1.73. The van der Waals surface area contributed by atoms with Gasteiger partial charge in [0, 0.05) is 44.8 Å². The number of rotatable bonds is 25. The fourth-order valence-corrected chi connectivity index (χ4v) is 6.54. The number of amides is 3. The van der Waals surface area contributed by atoms with Gasteiger partial charge in [-0.3, -0.25) is 14.5 Å². The van der Waals surface area contributed by atoms with E-state index in [1.165, 1.54) is 4.90 Å². The fourth-order valence-electron chi connectivity index (χ4n) is 6.41. The Morgan fingerprint density at radius 3 is 2.26 bits per heavy atom. The molecule has 2 aromatic carbocycles. The maximum atomic E-state index is 13.2. The molecule has 0 spiro atoms. The number of aromatic nitrogens is 2. The summed E-state index contributed by atoms with van der Waals surface area (Å²) in [6, 6.07) is 14.6. The third-order valence-electron chi connectivity index (χ3n) is 9.86. The van der Waals surface area contributed by atoms with Crippen molar-refractivity contribution < 1.29 is 45.0 Å². The Morgan fingerprint density at radius 1 is 0.845 bits per heavy atom. The lowest BCUT2D eigenvalue weighted by Gasteiger charge is -2.30. The number of hydrogen-bond donors (Lipinski definition) is 10. The summed E-state index contributed by atoms with van der Waals surface area (Å²) in [5, 5.41) is 65.5. The van der Waals surface area contributed by atoms with Crippen LogP contribution >= 0.6 is 11.6 Å². The lowest BCUT2D eigenvalue weighted by molar-refractivity contribution is -0.119. The molecule has 3 amide bonds. The number of aliphatic hydroxyl groups is 5. The molecule has 0 aliphatic heterocycles. The van der Waals surface area contributed by atoms with Gasteiger partial charge in [-0.25, -0.2) is 14.8 Å². The number of anilines is 2. The van der Waals surface area contributed by atoms with Crippen molar-refractivity contribution >= 4 is 41.1 Å². The lowest BCUT2D eigenvalue weighted by Crippen LogP contribution is -2.50. The first-order valence-corrected chi connectivity index (χ1v) is 19.8. The van der Waals surface area contributed by atoms with Crippen LogP contribution in [-0.4, -0.2) is 145 Å². The van der Waals surface area contributed by atoms with Crippen molar-refractivity contribution in [1.82, 2.24) is 30.4 Å². The molecule has 3 rings (SSSR count). The zero-order valence-corrected chi connectivity index (χ0v) is 33.9. The third kappa shape index (κ3) is 15.3. The number of carbonyl (C=O) groups excluding carboxylic acids is 2. The second-order valence-electron chi connectivity index (χ2n) is 14.4. The lowest BCUT2D eigenvalue weighted by atomic mass is 9.95. The van der Waals surface area contributed by atoms with Crippen LogP contribution < -0.4 is 22.1 Å². The van der Waals surface area contributed by atoms with Crippen molar-refractivity contribution in [2.75, 3.05) is 63.9 Å². The summed E-state index contributed by atoms with van der Waals surface area (Å²) in [4.78, 5) is 49.7. The maximum absolute atomic E-state index is 13.2. The Hall–Kier alpha value is -4.62. The molecule has 0 bridgehead atoms. The molecule has 5 atom stereocenters. The number of nitrogens with two attached hydrogens (primary N) is 2. The van der Waals surface area contributed by atoms with Gasteiger partial charge in [0.15, 0.2) is 22.5 Å². The molecule has 0 fully saturated rings. The minimum absolute atomic E-state index is 0.0348. The van der Waals surface area contributed by atoms with E-state index in [2.05, 4.69) is 27.5 Å². The number of nitrogens with zero attached hydrogens (tertiary/aromatic N) is 4. The monoisotopic (exact) mass is 830 g/mol. The van der Waals surface area contributed by atoms with E-state index in [0.29, 0.717) is 31.5 Å². The number of unbranched alkanes of at least 4 members (excludes halogenated alkanes) is 3. The predicted octanol–water partition coefficient (Wildman–Crippen LogP) is 1.46. The smallest absolute Gasteiger partial charge is 0.407 e. The molecule has 0 aliphatic rings. The Kier molecular flexibility index (Phi) is 20.0. The summed E-state index contributed by atoms with van der Waals surface area (Å²) < 4.78 is 0. The molecule has 320 valence electrons. The van der Waals surface area contributed by atoms with Gasteiger partial charge < -0.3 is 57.6 Å². The number of benzene rings is 2. The summed E-state index contributed by atoms with van der Waals surface area (Å²) in [6.07, 6.45) is -3.02. The van der Waals surface area contributed by atoms with E-state index < -0.39 is 43.0 Å². The molecule has 1 heterocycles. The van der Waals surface area contributed by atoms with Gasteiger partial charge in [0.2, 0.25) is 0 Å². The quantitative estimate of drug-likeness (QED) is 0.0542. The topological polar surface area (TPSA) is 281 Å². The number of halogens is 1. The number of carboxylic acid groups (broad SMARTS) is 1. The molecule has 0 aliphatic carbocycles. The normalized spacial score (nSPS) is 14.0. The standard InChI is InChI=1S/C40H59ClN8O9/c1-3-4-5-8-16-48(23-30(51)33(53)34(54)31(52)24-50)18-15-44-38(55)29-13-9-11-26(19-29)14-17-49(40(57)58)22-27(20-28-12-7-6-10-25(28)2)21-45-39(56)32-36(42)47-37(43)35(41)46-32/h6-7,9-13,19,27,30-31,33-34,50-54H,3-5,8,14-18,20-24H2,1-2H3,(H,44,55)(H,45,56)(H,57,58)(H4,42,43,47)/t27-,30-,31+,33+,34+/m0/s1. The van der Waals surface area contributed by atoms with Gasteiger partial charge in [-0.15, -0.1) is 0 Å². The van der Waals surface area contributed by atoms with E-state index in [1.54, 1.807) is 24.3 Å². The van der Waals surface area contributed by atoms with Crippen LogP contribution in [0.3, 0.4) is 0 Å². The van der Waals surface area contributed by atoms with Crippen LogP contribution in [0.4, 0.5) is 16.4 Å². The molecular weight excluding hydrogens is 772 g/mol. The van der Waals surface area contributed by atoms with Gasteiger partial charge in [-0.2, -0.15) is 0 Å². The van der Waals surface area contributed by atoms with E-state index in [9.17, 15) is 39.9 Å². The summed E-state index contributed by atoms with van der Waals surface area (Å²) in [7, 11) is 0. The van der Waals surface area contributed by atoms with E-state index >= 15 is 0 Å². The second kappa shape index (κ2) is 24.3. The Morgan fingerprint density at radius 2 is 1.57 bits per heavy atom. The number of aliphatic hydroxyl groups excluding tert-OH is 5. The van der Waals surface area contributed by atoms with E-state index in [-0.39, 0.29) is 67.0 Å². The number of nitrogens with one attached hydrogen (secondary N) is 2. The molecule has 18 heteroatoms. The second-order valence-corrected chi connectivity index (χ2v) is 14.8. The molecule has 1 aromatic heterocycles. The number of hydrogen-bond acceptors (Lipinski definition) is 13. The van der Waals surface area contributed by atoms with Crippen LogP contribution in [0.2, 0.25) is 5.15 Å². The number of aryl methyl sites for hydroxylation is 1. The van der Waals surface area contributed by atoms with Gasteiger partial charge in [0.1, 0.15) is 18.3 Å². The van der Waals surface area contributed by atoms with Gasteiger partial charge in [0.05, 0.1) is 12.7 Å². The summed E-state index contributed by atoms with van der Waals surface area (Å²) in [5.41, 5.74) is 14.4. The Bertz CT molecular complexity index is 1770. The van der Waals surface area contributed by atoms with Crippen LogP contribution in [0.15, 0.2) is 48.5 Å². The molecule has 17 nitrogen and oxygen atoms in total. The zero-order valence-electron chi connectivity index (χ0n) is 33.1. The fraction of sp³-hybridized carbons (Fsp3) is 0.525. The molecule has 3 aromatic rings. The van der Waals surface area contributed by atoms with Crippen LogP contribution in [0.25, 0.3) is 0 Å². The number of carbonyl (C=O) groups is 3. The molecule has 0 radical (unpaired) electrons. The van der Waals surface area contributed by atoms with Crippen LogP contribution in [-0.2, 0) is 12.8 Å². The minimum Gasteiger partial charge on any atom is -0.465 e. The van der Waals surface area contributed by atoms with Crippen molar-refractivity contribution in [1.29, 1.82) is 0 Å². The van der Waals surface area contributed by atoms with E-state index in [1.807, 2.05) is 36.1 Å². The van der Waals surface area contributed by atoms with Crippen molar-refractivity contribution in [2.45, 2.75) is 76.8 Å². The van der Waals surface area contributed by atoms with Crippen molar-refractivity contribution in [3.8, 4) is 0 Å². The first-order chi connectivity index (χ1) is 27.6. The van der Waals surface area contributed by atoms with Gasteiger partial charge in [-0.05, 0) is 67.5 Å². The van der Waals surface area contributed by atoms with Crippen molar-refractivity contribution in [3.05, 3.63) is 81.6 Å². The first-order valence-electron chi connectivity index (χ1n) is 19.5. The first kappa shape index (κ1) is 47.8. The maximum Gasteiger partial charge on any atom is 0.407 e. The molecular formula is C40H59ClN8O9. The average molecular weight is 831 g/mol. The van der Waals surface area contributed by atoms with Crippen molar-refractivity contribution in [3.63, 3.8) is 0 Å². The summed E-state index contributed by atoms with van der Waals surface area (Å²) in [5.74, 6) is -1.65. The molecule has 0 saturated heterocycles. The Labute approximate surface area is 344 Å². The van der Waals surface area contributed by atoms with Crippen LogP contribution in [0.1, 0.15) is 70.1 Å². The highest BCUT2D eigenvalue weighted by atomic mass is 35.5. The SMILES string of the molecule is CCCCCCN(CCNC(=O)c1cccc(CCN(C[C@H](CNC(=O)c2nc(Cl)c(N)nc2N)Cc2ccccc2C)C(=O)O)c1)C[C@H](O)[C@@H](O)[C@H](O)[C@H](O)CO. The van der Waals surface area contributed by atoms with Gasteiger partial charge in [-0.1, -0.05) is 74.2 Å². The molecule has 0 saturated carbocycles. The predicted molar refractivity (Wildman–Crippen MR) is 220 cm³/mol. The number of nitrogen functional groups attached to an aromatic ring is 2. The summed E-state index contributed by atoms with van der Waals surface area (Å²) in [6.45, 7) is 4.59. The largest absolute Gasteiger partial charge is 0.465 e. The van der Waals surface area contributed by atoms with Gasteiger partial charge in [0.25, 0.3) is 11.8 Å². The average Bonchev–Trinajstić information content (AvgIpc) is 3.20. The highest BCUT2D eigenvalue weighted by Gasteiger charge is 2.31. The van der Waals surface area contributed by atoms with E-state index in [4.69, 9.17) is 28.2 Å². The van der Waals surface area contributed by atoms with E-state index in [0.717, 1.165) is 42.4 Å². The van der Waals surface area contributed by atoms with Crippen molar-refractivity contribution in [2.24, 2.45) is 5.92 Å². The third-order valence-corrected chi connectivity index (χ3v) is 10.1. The zero-order chi connectivity index (χ0) is 42.8.